The fourth-order valence-electron chi connectivity index (χ4n) is 3.77. The van der Waals surface area contributed by atoms with Crippen molar-refractivity contribution in [3.05, 3.63) is 30.1 Å². The lowest BCUT2D eigenvalue weighted by Gasteiger charge is -2.21. The number of hydrogen-bond donors (Lipinski definition) is 2. The second kappa shape index (κ2) is 8.83. The number of nitrogens with one attached hydrogen (secondary N) is 2. The molecular weight excluding hydrogens is 328 g/mol. The minimum absolute atomic E-state index is 0.116. The molecule has 1 aliphatic carbocycles. The first kappa shape index (κ1) is 18.4. The van der Waals surface area contributed by atoms with Crippen molar-refractivity contribution in [2.75, 3.05) is 0 Å². The van der Waals surface area contributed by atoms with E-state index >= 15 is 0 Å². The van der Waals surface area contributed by atoms with Gasteiger partial charge in [0.15, 0.2) is 0 Å². The maximum absolute atomic E-state index is 12.3. The monoisotopic (exact) mass is 356 g/mol. The molecule has 1 fully saturated rings. The topological polar surface area (TPSA) is 76.0 Å². The molecule has 2 aromatic rings. The first-order valence-corrected chi connectivity index (χ1v) is 9.69. The summed E-state index contributed by atoms with van der Waals surface area (Å²) in [6.45, 7) is 2.16. The molecule has 140 valence electrons. The smallest absolute Gasteiger partial charge is 0.258 e. The maximum atomic E-state index is 12.3. The normalized spacial score (nSPS) is 15.1. The van der Waals surface area contributed by atoms with E-state index in [1.54, 1.807) is 0 Å². The average molecular weight is 356 g/mol. The highest BCUT2D eigenvalue weighted by molar-refractivity contribution is 5.83. The Labute approximate surface area is 154 Å². The second-order valence-corrected chi connectivity index (χ2v) is 7.10. The minimum Gasteiger partial charge on any atom is -0.318 e. The van der Waals surface area contributed by atoms with E-state index in [1.807, 2.05) is 35.8 Å². The zero-order valence-corrected chi connectivity index (χ0v) is 15.5. The highest BCUT2D eigenvalue weighted by Gasteiger charge is 2.16. The quantitative estimate of drug-likeness (QED) is 0.781. The van der Waals surface area contributed by atoms with Crippen LogP contribution in [-0.2, 0) is 22.6 Å². The van der Waals surface area contributed by atoms with Gasteiger partial charge in [0.2, 0.25) is 5.91 Å². The van der Waals surface area contributed by atoms with Crippen molar-refractivity contribution in [2.24, 2.45) is 5.92 Å². The molecule has 6 heteroatoms. The number of rotatable bonds is 6. The second-order valence-electron chi connectivity index (χ2n) is 7.10. The number of hydrogen-bond acceptors (Lipinski definition) is 3. The van der Waals surface area contributed by atoms with E-state index < -0.39 is 0 Å². The molecule has 2 N–H and O–H groups in total. The summed E-state index contributed by atoms with van der Waals surface area (Å²) >= 11 is 0. The Morgan fingerprint density at radius 1 is 1.12 bits per heavy atom. The minimum atomic E-state index is -0.242. The van der Waals surface area contributed by atoms with Crippen molar-refractivity contribution in [3.63, 3.8) is 0 Å². The predicted molar refractivity (Wildman–Crippen MR) is 101 cm³/mol. The summed E-state index contributed by atoms with van der Waals surface area (Å²) in [5.74, 6) is 1.17. The molecule has 0 radical (unpaired) electrons. The molecule has 1 aliphatic rings. The molecule has 0 aliphatic heterocycles. The lowest BCUT2D eigenvalue weighted by Crippen LogP contribution is -2.43. The number of benzene rings is 1. The number of amides is 2. The van der Waals surface area contributed by atoms with Crippen LogP contribution >= 0.6 is 0 Å². The van der Waals surface area contributed by atoms with Crippen LogP contribution < -0.4 is 10.9 Å². The third-order valence-electron chi connectivity index (χ3n) is 5.20. The molecule has 1 saturated carbocycles. The van der Waals surface area contributed by atoms with Gasteiger partial charge in [0.25, 0.3) is 5.91 Å². The zero-order chi connectivity index (χ0) is 18.4. The van der Waals surface area contributed by atoms with Crippen molar-refractivity contribution in [1.82, 2.24) is 20.4 Å². The van der Waals surface area contributed by atoms with E-state index in [0.717, 1.165) is 29.7 Å². The van der Waals surface area contributed by atoms with Crippen LogP contribution in [0.25, 0.3) is 11.0 Å². The fourth-order valence-corrected chi connectivity index (χ4v) is 3.77. The van der Waals surface area contributed by atoms with Gasteiger partial charge in [-0.25, -0.2) is 4.98 Å². The highest BCUT2D eigenvalue weighted by Crippen LogP contribution is 2.27. The third-order valence-corrected chi connectivity index (χ3v) is 5.20. The first-order chi connectivity index (χ1) is 12.7. The molecule has 0 bridgehead atoms. The van der Waals surface area contributed by atoms with Crippen molar-refractivity contribution in [3.8, 4) is 0 Å². The lowest BCUT2D eigenvalue weighted by molar-refractivity contribution is -0.129. The van der Waals surface area contributed by atoms with Crippen LogP contribution in [0, 0.1) is 5.92 Å². The van der Waals surface area contributed by atoms with Crippen LogP contribution in [0.3, 0.4) is 0 Å². The van der Waals surface area contributed by atoms with E-state index in [-0.39, 0.29) is 18.4 Å². The number of fused-ring (bicyclic) bond motifs is 1. The van der Waals surface area contributed by atoms with Crippen LogP contribution in [-0.4, -0.2) is 21.4 Å². The molecular formula is C20H28N4O2. The maximum Gasteiger partial charge on any atom is 0.258 e. The first-order valence-electron chi connectivity index (χ1n) is 9.69. The van der Waals surface area contributed by atoms with Gasteiger partial charge in [-0.15, -0.1) is 0 Å². The van der Waals surface area contributed by atoms with Gasteiger partial charge < -0.3 is 4.57 Å². The van der Waals surface area contributed by atoms with E-state index in [2.05, 4.69) is 15.8 Å². The number of carbonyl (C=O) groups is 2. The Kier molecular flexibility index (Phi) is 6.26. The third kappa shape index (κ3) is 4.62. The Morgan fingerprint density at radius 2 is 1.85 bits per heavy atom. The van der Waals surface area contributed by atoms with Crippen LogP contribution in [0.1, 0.15) is 57.7 Å². The fraction of sp³-hybridized carbons (Fsp3) is 0.550. The Balaban J connectivity index is 1.49. The summed E-state index contributed by atoms with van der Waals surface area (Å²) in [6.07, 6.45) is 8.47. The Morgan fingerprint density at radius 3 is 2.62 bits per heavy atom. The van der Waals surface area contributed by atoms with Gasteiger partial charge in [-0.2, -0.15) is 0 Å². The number of carbonyl (C=O) groups excluding carboxylic acids is 2. The molecule has 0 spiro atoms. The van der Waals surface area contributed by atoms with E-state index in [9.17, 15) is 9.59 Å². The lowest BCUT2D eigenvalue weighted by atomic mass is 9.86. The molecule has 26 heavy (non-hydrogen) atoms. The molecule has 1 aromatic heterocycles. The number of aryl methyl sites for hydroxylation is 1. The van der Waals surface area contributed by atoms with Gasteiger partial charge in [0.05, 0.1) is 11.0 Å². The summed E-state index contributed by atoms with van der Waals surface area (Å²) in [7, 11) is 0. The largest absolute Gasteiger partial charge is 0.318 e. The molecule has 0 saturated heterocycles. The molecule has 1 heterocycles. The van der Waals surface area contributed by atoms with Crippen molar-refractivity contribution < 1.29 is 9.59 Å². The van der Waals surface area contributed by atoms with Gasteiger partial charge in [0, 0.05) is 12.8 Å². The van der Waals surface area contributed by atoms with Crippen molar-refractivity contribution in [1.29, 1.82) is 0 Å². The number of nitrogens with zero attached hydrogens (tertiary/aromatic N) is 2. The van der Waals surface area contributed by atoms with E-state index in [1.165, 1.54) is 32.1 Å². The summed E-state index contributed by atoms with van der Waals surface area (Å²) in [5.41, 5.74) is 6.90. The van der Waals surface area contributed by atoms with E-state index in [4.69, 9.17) is 0 Å². The zero-order valence-electron chi connectivity index (χ0n) is 15.5. The van der Waals surface area contributed by atoms with Crippen LogP contribution in [0.15, 0.2) is 24.3 Å². The van der Waals surface area contributed by atoms with Gasteiger partial charge in [-0.05, 0) is 24.5 Å². The molecule has 2 amide bonds. The molecule has 6 nitrogen and oxygen atoms in total. The van der Waals surface area contributed by atoms with Crippen molar-refractivity contribution in [2.45, 2.75) is 64.8 Å². The number of hydrazine groups is 1. The summed E-state index contributed by atoms with van der Waals surface area (Å²) in [6, 6.07) is 7.77. The SMILES string of the molecule is CCc1nc2ccccc2n1CC(=O)NNC(=O)CCC1CCCCC1. The number of imidazole rings is 1. The van der Waals surface area contributed by atoms with Gasteiger partial charge in [0.1, 0.15) is 12.4 Å². The Hall–Kier alpha value is -2.37. The molecule has 3 rings (SSSR count). The van der Waals surface area contributed by atoms with E-state index in [0.29, 0.717) is 12.3 Å². The Bertz CT molecular complexity index is 762. The van der Waals surface area contributed by atoms with Crippen LogP contribution in [0.2, 0.25) is 0 Å². The molecule has 0 atom stereocenters. The average Bonchev–Trinajstić information content (AvgIpc) is 3.03. The number of para-hydroxylation sites is 2. The molecule has 0 unspecified atom stereocenters. The molecule has 1 aromatic carbocycles. The predicted octanol–water partition coefficient (Wildman–Crippen LogP) is 3.11. The highest BCUT2D eigenvalue weighted by atomic mass is 16.2. The summed E-state index contributed by atoms with van der Waals surface area (Å²) in [5, 5.41) is 0. The van der Waals surface area contributed by atoms with Crippen LogP contribution in [0.5, 0.6) is 0 Å². The standard InChI is InChI=1S/C20H28N4O2/c1-2-18-21-16-10-6-7-11-17(16)24(18)14-20(26)23-22-19(25)13-12-15-8-4-3-5-9-15/h6-7,10-11,15H,2-5,8-9,12-14H2,1H3,(H,22,25)(H,23,26). The summed E-state index contributed by atoms with van der Waals surface area (Å²) in [4.78, 5) is 28.8. The summed E-state index contributed by atoms with van der Waals surface area (Å²) < 4.78 is 1.90. The number of aromatic nitrogens is 2. The van der Waals surface area contributed by atoms with Gasteiger partial charge >= 0.3 is 0 Å². The van der Waals surface area contributed by atoms with Gasteiger partial charge in [-0.1, -0.05) is 51.2 Å². The van der Waals surface area contributed by atoms with Gasteiger partial charge in [-0.3, -0.25) is 20.4 Å². The van der Waals surface area contributed by atoms with Crippen LogP contribution in [0.4, 0.5) is 0 Å². The van der Waals surface area contributed by atoms with Crippen molar-refractivity contribution >= 4 is 22.8 Å².